The first kappa shape index (κ1) is 13.8. The van der Waals surface area contributed by atoms with Gasteiger partial charge in [-0.15, -0.1) is 0 Å². The summed E-state index contributed by atoms with van der Waals surface area (Å²) in [6.07, 6.45) is 9.29. The van der Waals surface area contributed by atoms with Crippen LogP contribution in [0.4, 0.5) is 5.69 Å². The zero-order chi connectivity index (χ0) is 14.5. The molecule has 0 aliphatic heterocycles. The first-order chi connectivity index (χ1) is 10.3. The van der Waals surface area contributed by atoms with Gasteiger partial charge >= 0.3 is 0 Å². The number of carbonyl (C=O) groups excluding carboxylic acids is 1. The molecule has 1 N–H and O–H groups in total. The zero-order valence-corrected chi connectivity index (χ0v) is 12.1. The molecule has 1 saturated carbocycles. The van der Waals surface area contributed by atoms with Crippen molar-refractivity contribution >= 4 is 11.6 Å². The molecule has 0 bridgehead atoms. The standard InChI is InChI=1S/C18H20N2O/c21-18(15-5-2-1-3-6-15)20-17-10-8-14(9-11-17)16-7-4-12-19-13-16/h4,7-13,15H,1-3,5-6H2,(H,20,21). The van der Waals surface area contributed by atoms with Crippen molar-refractivity contribution in [2.45, 2.75) is 32.1 Å². The van der Waals surface area contributed by atoms with Gasteiger partial charge in [-0.1, -0.05) is 37.5 Å². The summed E-state index contributed by atoms with van der Waals surface area (Å²) in [5.74, 6) is 0.362. The lowest BCUT2D eigenvalue weighted by Crippen LogP contribution is -2.24. The lowest BCUT2D eigenvalue weighted by Gasteiger charge is -2.20. The van der Waals surface area contributed by atoms with Crippen molar-refractivity contribution in [2.75, 3.05) is 5.32 Å². The van der Waals surface area contributed by atoms with Gasteiger partial charge in [0.05, 0.1) is 0 Å². The van der Waals surface area contributed by atoms with Gasteiger partial charge in [-0.05, 0) is 42.2 Å². The van der Waals surface area contributed by atoms with Crippen LogP contribution in [-0.4, -0.2) is 10.9 Å². The van der Waals surface area contributed by atoms with Gasteiger partial charge in [0.15, 0.2) is 0 Å². The average Bonchev–Trinajstić information content (AvgIpc) is 2.57. The normalized spacial score (nSPS) is 15.6. The third-order valence-corrected chi connectivity index (χ3v) is 4.12. The van der Waals surface area contributed by atoms with E-state index in [4.69, 9.17) is 0 Å². The highest BCUT2D eigenvalue weighted by Crippen LogP contribution is 2.25. The fourth-order valence-electron chi connectivity index (χ4n) is 2.89. The Balaban J connectivity index is 1.65. The molecule has 3 nitrogen and oxygen atoms in total. The number of anilines is 1. The minimum Gasteiger partial charge on any atom is -0.326 e. The molecular formula is C18H20N2O. The molecule has 0 spiro atoms. The van der Waals surface area contributed by atoms with Crippen LogP contribution in [-0.2, 0) is 4.79 Å². The Kier molecular flexibility index (Phi) is 4.29. The molecule has 1 fully saturated rings. The van der Waals surface area contributed by atoms with Crippen molar-refractivity contribution in [3.63, 3.8) is 0 Å². The number of nitrogens with one attached hydrogen (secondary N) is 1. The number of hydrogen-bond donors (Lipinski definition) is 1. The number of hydrogen-bond acceptors (Lipinski definition) is 2. The van der Waals surface area contributed by atoms with E-state index in [9.17, 15) is 4.79 Å². The number of carbonyl (C=O) groups is 1. The molecule has 1 aliphatic rings. The summed E-state index contributed by atoms with van der Waals surface area (Å²) in [5.41, 5.74) is 3.07. The number of nitrogens with zero attached hydrogens (tertiary/aromatic N) is 1. The van der Waals surface area contributed by atoms with E-state index in [0.29, 0.717) is 0 Å². The highest BCUT2D eigenvalue weighted by molar-refractivity contribution is 5.92. The molecule has 21 heavy (non-hydrogen) atoms. The van der Waals surface area contributed by atoms with Crippen molar-refractivity contribution in [1.29, 1.82) is 0 Å². The van der Waals surface area contributed by atoms with Gasteiger partial charge in [-0.25, -0.2) is 0 Å². The van der Waals surface area contributed by atoms with Crippen LogP contribution < -0.4 is 5.32 Å². The molecule has 1 heterocycles. The van der Waals surface area contributed by atoms with E-state index in [-0.39, 0.29) is 11.8 Å². The lowest BCUT2D eigenvalue weighted by molar-refractivity contribution is -0.120. The molecule has 108 valence electrons. The Morgan fingerprint density at radius 2 is 1.76 bits per heavy atom. The molecular weight excluding hydrogens is 260 g/mol. The van der Waals surface area contributed by atoms with E-state index in [0.717, 1.165) is 29.7 Å². The molecule has 3 heteroatoms. The van der Waals surface area contributed by atoms with Crippen molar-refractivity contribution in [3.8, 4) is 11.1 Å². The highest BCUT2D eigenvalue weighted by Gasteiger charge is 2.20. The monoisotopic (exact) mass is 280 g/mol. The van der Waals surface area contributed by atoms with Crippen LogP contribution in [0.5, 0.6) is 0 Å². The minimum absolute atomic E-state index is 0.170. The molecule has 1 aliphatic carbocycles. The van der Waals surface area contributed by atoms with Crippen LogP contribution in [0.2, 0.25) is 0 Å². The van der Waals surface area contributed by atoms with E-state index in [1.807, 2.05) is 42.6 Å². The largest absolute Gasteiger partial charge is 0.326 e. The quantitative estimate of drug-likeness (QED) is 0.912. The van der Waals surface area contributed by atoms with Gasteiger partial charge < -0.3 is 5.32 Å². The maximum atomic E-state index is 12.2. The maximum absolute atomic E-state index is 12.2. The molecule has 0 radical (unpaired) electrons. The van der Waals surface area contributed by atoms with Crippen LogP contribution in [0.1, 0.15) is 32.1 Å². The minimum atomic E-state index is 0.170. The Bertz CT molecular complexity index is 586. The molecule has 0 atom stereocenters. The van der Waals surface area contributed by atoms with E-state index in [1.54, 1.807) is 6.20 Å². The second kappa shape index (κ2) is 6.53. The van der Waals surface area contributed by atoms with Gasteiger partial charge in [0, 0.05) is 24.0 Å². The van der Waals surface area contributed by atoms with Crippen molar-refractivity contribution in [2.24, 2.45) is 5.92 Å². The molecule has 2 aromatic rings. The van der Waals surface area contributed by atoms with Crippen LogP contribution in [0.3, 0.4) is 0 Å². The summed E-state index contributed by atoms with van der Waals surface area (Å²) in [6.45, 7) is 0. The van der Waals surface area contributed by atoms with E-state index < -0.39 is 0 Å². The molecule has 1 aromatic carbocycles. The summed E-state index contributed by atoms with van der Waals surface area (Å²) in [7, 11) is 0. The summed E-state index contributed by atoms with van der Waals surface area (Å²) in [5, 5.41) is 3.04. The smallest absolute Gasteiger partial charge is 0.227 e. The fourth-order valence-corrected chi connectivity index (χ4v) is 2.89. The number of amides is 1. The summed E-state index contributed by atoms with van der Waals surface area (Å²) >= 11 is 0. The summed E-state index contributed by atoms with van der Waals surface area (Å²) < 4.78 is 0. The average molecular weight is 280 g/mol. The molecule has 1 aromatic heterocycles. The molecule has 1 amide bonds. The summed E-state index contributed by atoms with van der Waals surface area (Å²) in [6, 6.07) is 11.9. The highest BCUT2D eigenvalue weighted by atomic mass is 16.1. The van der Waals surface area contributed by atoms with Crippen LogP contribution >= 0.6 is 0 Å². The van der Waals surface area contributed by atoms with Crippen LogP contribution in [0, 0.1) is 5.92 Å². The summed E-state index contributed by atoms with van der Waals surface area (Å²) in [4.78, 5) is 16.3. The number of pyridine rings is 1. The van der Waals surface area contributed by atoms with Gasteiger partial charge in [-0.2, -0.15) is 0 Å². The van der Waals surface area contributed by atoms with Crippen molar-refractivity contribution in [1.82, 2.24) is 4.98 Å². The Labute approximate surface area is 125 Å². The third-order valence-electron chi connectivity index (χ3n) is 4.12. The topological polar surface area (TPSA) is 42.0 Å². The first-order valence-electron chi connectivity index (χ1n) is 7.64. The third kappa shape index (κ3) is 3.48. The Morgan fingerprint density at radius 1 is 1.00 bits per heavy atom. The Morgan fingerprint density at radius 3 is 2.43 bits per heavy atom. The first-order valence-corrected chi connectivity index (χ1v) is 7.64. The van der Waals surface area contributed by atoms with Gasteiger partial charge in [0.1, 0.15) is 0 Å². The van der Waals surface area contributed by atoms with Crippen LogP contribution in [0.25, 0.3) is 11.1 Å². The number of aromatic nitrogens is 1. The van der Waals surface area contributed by atoms with E-state index in [1.165, 1.54) is 19.3 Å². The van der Waals surface area contributed by atoms with E-state index in [2.05, 4.69) is 10.3 Å². The second-order valence-electron chi connectivity index (χ2n) is 5.64. The van der Waals surface area contributed by atoms with Crippen molar-refractivity contribution < 1.29 is 4.79 Å². The number of rotatable bonds is 3. The molecule has 0 saturated heterocycles. The number of benzene rings is 1. The van der Waals surface area contributed by atoms with Gasteiger partial charge in [-0.3, -0.25) is 9.78 Å². The second-order valence-corrected chi connectivity index (χ2v) is 5.64. The maximum Gasteiger partial charge on any atom is 0.227 e. The van der Waals surface area contributed by atoms with Gasteiger partial charge in [0.25, 0.3) is 0 Å². The molecule has 3 rings (SSSR count). The van der Waals surface area contributed by atoms with Crippen LogP contribution in [0.15, 0.2) is 48.8 Å². The van der Waals surface area contributed by atoms with E-state index >= 15 is 0 Å². The van der Waals surface area contributed by atoms with Crippen molar-refractivity contribution in [3.05, 3.63) is 48.8 Å². The lowest BCUT2D eigenvalue weighted by atomic mass is 9.88. The SMILES string of the molecule is O=C(Nc1ccc(-c2cccnc2)cc1)C1CCCCC1. The zero-order valence-electron chi connectivity index (χ0n) is 12.1. The fraction of sp³-hybridized carbons (Fsp3) is 0.333. The Hall–Kier alpha value is -2.16. The van der Waals surface area contributed by atoms with Gasteiger partial charge in [0.2, 0.25) is 5.91 Å². The predicted octanol–water partition coefficient (Wildman–Crippen LogP) is 4.27. The predicted molar refractivity (Wildman–Crippen MR) is 84.9 cm³/mol. The molecule has 0 unspecified atom stereocenters.